The molecule has 3 atom stereocenters. The topological polar surface area (TPSA) is 125 Å². The monoisotopic (exact) mass is 653 g/mol. The number of carbonyl (C=O) groups excluding carboxylic acids is 2. The highest BCUT2D eigenvalue weighted by atomic mass is 35.5. The van der Waals surface area contributed by atoms with Gasteiger partial charge in [-0.15, -0.1) is 10.2 Å². The summed E-state index contributed by atoms with van der Waals surface area (Å²) in [7, 11) is 0. The Bertz CT molecular complexity index is 1540. The maximum Gasteiger partial charge on any atom is 0.275 e. The Morgan fingerprint density at radius 3 is 2.40 bits per heavy atom. The first-order valence-electron chi connectivity index (χ1n) is 15.3. The van der Waals surface area contributed by atoms with Gasteiger partial charge in [0.1, 0.15) is 11.4 Å². The fourth-order valence-electron chi connectivity index (χ4n) is 6.01. The lowest BCUT2D eigenvalue weighted by atomic mass is 9.79. The van der Waals surface area contributed by atoms with Crippen molar-refractivity contribution in [3.63, 3.8) is 0 Å². The fourth-order valence-corrected chi connectivity index (χ4v) is 6.54. The first kappa shape index (κ1) is 33.0. The smallest absolute Gasteiger partial charge is 0.275 e. The zero-order chi connectivity index (χ0) is 32.6. The van der Waals surface area contributed by atoms with Crippen molar-refractivity contribution in [1.82, 2.24) is 30.8 Å². The molecule has 45 heavy (non-hydrogen) atoms. The minimum atomic E-state index is -0.819. The second-order valence-corrected chi connectivity index (χ2v) is 15.1. The van der Waals surface area contributed by atoms with Crippen LogP contribution in [0.5, 0.6) is 0 Å². The second-order valence-electron chi connectivity index (χ2n) is 14.2. The first-order valence-corrected chi connectivity index (χ1v) is 16.0. The molecule has 10 nitrogen and oxygen atoms in total. The quantitative estimate of drug-likeness (QED) is 0.284. The summed E-state index contributed by atoms with van der Waals surface area (Å²) in [5.74, 6) is -0.0298. The van der Waals surface area contributed by atoms with E-state index in [0.29, 0.717) is 58.6 Å². The standard InChI is InChI=1S/C33H41Cl2N7O3/c1-31(2,3)12-11-25(20-7-9-21(10-8-20)29(43)36-19-27-38-40-41-39-27)42-30(44)28(22-15-23(34)17-24(35)16-22)37-33(42)13-14-45-26(18-33)32(4,5)6/h7-10,15-17,25-26H,11-14,18-19H2,1-6H3,(H,36,43)(H,38,39,40,41)/t25-,26?,33?/m1/s1. The van der Waals surface area contributed by atoms with E-state index in [9.17, 15) is 9.59 Å². The van der Waals surface area contributed by atoms with E-state index < -0.39 is 5.66 Å². The summed E-state index contributed by atoms with van der Waals surface area (Å²) in [6.07, 6.45) is 2.58. The van der Waals surface area contributed by atoms with Crippen LogP contribution in [0.15, 0.2) is 47.5 Å². The fraction of sp³-hybridized carbons (Fsp3) is 0.515. The van der Waals surface area contributed by atoms with Gasteiger partial charge in [0.25, 0.3) is 11.8 Å². The summed E-state index contributed by atoms with van der Waals surface area (Å²) in [5, 5.41) is 17.3. The molecule has 0 bridgehead atoms. The molecule has 2 amide bonds. The third kappa shape index (κ3) is 7.56. The van der Waals surface area contributed by atoms with Gasteiger partial charge in [-0.1, -0.05) is 82.1 Å². The molecule has 240 valence electrons. The zero-order valence-corrected chi connectivity index (χ0v) is 28.2. The highest BCUT2D eigenvalue weighted by Crippen LogP contribution is 2.47. The molecule has 2 N–H and O–H groups in total. The number of aromatic amines is 1. The van der Waals surface area contributed by atoms with Crippen LogP contribution in [0.1, 0.15) is 101 Å². The number of rotatable bonds is 8. The molecule has 1 aromatic heterocycles. The highest BCUT2D eigenvalue weighted by Gasteiger charge is 2.54. The molecule has 2 aliphatic rings. The van der Waals surface area contributed by atoms with Gasteiger partial charge in [0, 0.05) is 34.0 Å². The first-order chi connectivity index (χ1) is 21.1. The summed E-state index contributed by atoms with van der Waals surface area (Å²) in [5.41, 5.74) is 1.42. The number of nitrogens with zero attached hydrogens (tertiary/aromatic N) is 5. The lowest BCUT2D eigenvalue weighted by molar-refractivity contribution is -0.146. The van der Waals surface area contributed by atoms with E-state index in [4.69, 9.17) is 32.9 Å². The number of carbonyl (C=O) groups is 2. The molecule has 3 aromatic rings. The van der Waals surface area contributed by atoms with Crippen molar-refractivity contribution >= 4 is 40.7 Å². The maximum atomic E-state index is 14.7. The number of aromatic nitrogens is 4. The molecular weight excluding hydrogens is 613 g/mol. The normalized spacial score (nSPS) is 21.2. The summed E-state index contributed by atoms with van der Waals surface area (Å²) < 4.78 is 6.27. The number of ether oxygens (including phenoxy) is 1. The van der Waals surface area contributed by atoms with E-state index in [1.807, 2.05) is 17.0 Å². The number of hydrogen-bond donors (Lipinski definition) is 2. The van der Waals surface area contributed by atoms with Gasteiger partial charge in [0.2, 0.25) is 0 Å². The van der Waals surface area contributed by atoms with Crippen molar-refractivity contribution in [1.29, 1.82) is 0 Å². The van der Waals surface area contributed by atoms with Crippen LogP contribution >= 0.6 is 23.2 Å². The highest BCUT2D eigenvalue weighted by molar-refractivity contribution is 6.47. The Labute approximate surface area is 274 Å². The van der Waals surface area contributed by atoms with Crippen LogP contribution < -0.4 is 5.32 Å². The molecule has 2 aliphatic heterocycles. The van der Waals surface area contributed by atoms with Crippen molar-refractivity contribution in [2.75, 3.05) is 6.61 Å². The van der Waals surface area contributed by atoms with Crippen LogP contribution in [0.4, 0.5) is 0 Å². The Hall–Kier alpha value is -3.34. The van der Waals surface area contributed by atoms with E-state index in [0.717, 1.165) is 12.0 Å². The minimum absolute atomic E-state index is 0.0248. The van der Waals surface area contributed by atoms with Crippen molar-refractivity contribution in [2.24, 2.45) is 15.8 Å². The second kappa shape index (κ2) is 12.8. The van der Waals surface area contributed by atoms with Crippen LogP contribution in [0.3, 0.4) is 0 Å². The van der Waals surface area contributed by atoms with Gasteiger partial charge in [-0.2, -0.15) is 5.21 Å². The number of benzene rings is 2. The Morgan fingerprint density at radius 1 is 1.11 bits per heavy atom. The molecule has 5 rings (SSSR count). The molecular formula is C33H41Cl2N7O3. The van der Waals surface area contributed by atoms with Gasteiger partial charge in [0.05, 0.1) is 25.3 Å². The van der Waals surface area contributed by atoms with Crippen molar-refractivity contribution in [3.8, 4) is 0 Å². The lowest BCUT2D eigenvalue weighted by Crippen LogP contribution is -2.55. The number of halogens is 2. The number of hydrogen-bond acceptors (Lipinski definition) is 7. The van der Waals surface area contributed by atoms with Crippen LogP contribution in [-0.4, -0.2) is 61.4 Å². The Balaban J connectivity index is 1.54. The molecule has 3 heterocycles. The minimum Gasteiger partial charge on any atom is -0.377 e. The SMILES string of the molecule is CC(C)(C)CC[C@H](c1ccc(C(=O)NCc2nn[nH]n2)cc1)N1C(=O)C(c2cc(Cl)cc(Cl)c2)=NC12CCOC(C(C)(C)C)C2. The third-order valence-corrected chi connectivity index (χ3v) is 8.90. The number of tetrazole rings is 1. The van der Waals surface area contributed by atoms with Gasteiger partial charge >= 0.3 is 0 Å². The maximum absolute atomic E-state index is 14.7. The summed E-state index contributed by atoms with van der Waals surface area (Å²) in [4.78, 5) is 34.8. The van der Waals surface area contributed by atoms with Gasteiger partial charge in [-0.05, 0) is 59.6 Å². The lowest BCUT2D eigenvalue weighted by Gasteiger charge is -2.48. The molecule has 2 aromatic carbocycles. The van der Waals surface area contributed by atoms with Crippen LogP contribution in [-0.2, 0) is 16.1 Å². The van der Waals surface area contributed by atoms with Gasteiger partial charge in [-0.3, -0.25) is 14.6 Å². The van der Waals surface area contributed by atoms with Crippen LogP contribution in [0.25, 0.3) is 0 Å². The van der Waals surface area contributed by atoms with Gasteiger partial charge in [-0.25, -0.2) is 0 Å². The van der Waals surface area contributed by atoms with Gasteiger partial charge < -0.3 is 15.0 Å². The average Bonchev–Trinajstić information content (AvgIpc) is 3.58. The number of nitrogens with one attached hydrogen (secondary N) is 2. The van der Waals surface area contributed by atoms with E-state index in [-0.39, 0.29) is 41.3 Å². The molecule has 1 spiro atoms. The van der Waals surface area contributed by atoms with Crippen molar-refractivity contribution < 1.29 is 14.3 Å². The van der Waals surface area contributed by atoms with E-state index in [1.165, 1.54) is 0 Å². The largest absolute Gasteiger partial charge is 0.377 e. The molecule has 0 aliphatic carbocycles. The third-order valence-electron chi connectivity index (χ3n) is 8.46. The van der Waals surface area contributed by atoms with Crippen molar-refractivity contribution in [3.05, 3.63) is 75.0 Å². The molecule has 2 unspecified atom stereocenters. The molecule has 0 radical (unpaired) electrons. The van der Waals surface area contributed by atoms with Crippen LogP contribution in [0, 0.1) is 10.8 Å². The Kier molecular flexibility index (Phi) is 9.40. The van der Waals surface area contributed by atoms with Crippen molar-refractivity contribution in [2.45, 2.75) is 91.6 Å². The average molecular weight is 655 g/mol. The number of amides is 2. The molecule has 1 saturated heterocycles. The molecule has 0 saturated carbocycles. The summed E-state index contributed by atoms with van der Waals surface area (Å²) >= 11 is 12.8. The number of H-pyrrole nitrogens is 1. The number of aliphatic imine (C=N–C) groups is 1. The predicted octanol–water partition coefficient (Wildman–Crippen LogP) is 6.56. The molecule has 12 heteroatoms. The summed E-state index contributed by atoms with van der Waals surface area (Å²) in [6.45, 7) is 13.7. The Morgan fingerprint density at radius 2 is 1.80 bits per heavy atom. The summed E-state index contributed by atoms with van der Waals surface area (Å²) in [6, 6.07) is 12.3. The van der Waals surface area contributed by atoms with E-state index in [2.05, 4.69) is 67.5 Å². The predicted molar refractivity (Wildman–Crippen MR) is 174 cm³/mol. The van der Waals surface area contributed by atoms with Gasteiger partial charge in [0.15, 0.2) is 5.82 Å². The van der Waals surface area contributed by atoms with E-state index >= 15 is 0 Å². The molecule has 1 fully saturated rings. The van der Waals surface area contributed by atoms with E-state index in [1.54, 1.807) is 30.3 Å². The van der Waals surface area contributed by atoms with Crippen LogP contribution in [0.2, 0.25) is 10.0 Å². The zero-order valence-electron chi connectivity index (χ0n) is 26.7.